The highest BCUT2D eigenvalue weighted by molar-refractivity contribution is 7.80. The molecule has 0 atom stereocenters. The number of aromatic nitrogens is 2. The maximum atomic E-state index is 6.08. The van der Waals surface area contributed by atoms with E-state index in [1.165, 1.54) is 5.56 Å². The molecule has 3 rings (SSSR count). The lowest BCUT2D eigenvalue weighted by Crippen LogP contribution is -2.20. The van der Waals surface area contributed by atoms with Crippen LogP contribution in [-0.4, -0.2) is 14.9 Å². The van der Waals surface area contributed by atoms with Gasteiger partial charge in [0.05, 0.1) is 23.6 Å². The van der Waals surface area contributed by atoms with Gasteiger partial charge in [-0.2, -0.15) is 5.10 Å². The lowest BCUT2D eigenvalue weighted by Gasteiger charge is -2.12. The standard InChI is InChI=1S/C20H21ClN4S/c1-13-6-4-9-18(10-13)22-20(26)23-19-14(2)24-25(15(19)3)12-16-7-5-8-17(21)11-16/h4-11H,12H2,1-3H3,(H2,22,23,26). The summed E-state index contributed by atoms with van der Waals surface area (Å²) in [6, 6.07) is 15.9. The number of thiocarbonyl (C=S) groups is 1. The average Bonchev–Trinajstić information content (AvgIpc) is 2.82. The average molecular weight is 385 g/mol. The molecule has 0 saturated heterocycles. The minimum Gasteiger partial charge on any atom is -0.332 e. The van der Waals surface area contributed by atoms with Gasteiger partial charge in [-0.05, 0) is 68.4 Å². The SMILES string of the molecule is Cc1cccc(NC(=S)Nc2c(C)nn(Cc3cccc(Cl)c3)c2C)c1. The second-order valence-corrected chi connectivity index (χ2v) is 7.13. The molecule has 6 heteroatoms. The van der Waals surface area contributed by atoms with E-state index in [0.29, 0.717) is 11.7 Å². The molecule has 0 amide bonds. The van der Waals surface area contributed by atoms with Crippen LogP contribution in [0.15, 0.2) is 48.5 Å². The summed E-state index contributed by atoms with van der Waals surface area (Å²) in [5.41, 5.74) is 6.10. The van der Waals surface area contributed by atoms with Gasteiger partial charge in [-0.3, -0.25) is 4.68 Å². The van der Waals surface area contributed by atoms with Crippen LogP contribution in [0, 0.1) is 20.8 Å². The van der Waals surface area contributed by atoms with E-state index < -0.39 is 0 Å². The number of nitrogens with one attached hydrogen (secondary N) is 2. The van der Waals surface area contributed by atoms with Gasteiger partial charge in [-0.1, -0.05) is 35.9 Å². The third-order valence-corrected chi connectivity index (χ3v) is 4.56. The van der Waals surface area contributed by atoms with E-state index in [1.54, 1.807) is 0 Å². The van der Waals surface area contributed by atoms with Crippen molar-refractivity contribution in [2.24, 2.45) is 0 Å². The van der Waals surface area contributed by atoms with Crippen LogP contribution in [0.5, 0.6) is 0 Å². The normalized spacial score (nSPS) is 10.6. The molecule has 0 aliphatic carbocycles. The molecule has 2 N–H and O–H groups in total. The number of aryl methyl sites for hydroxylation is 2. The first-order valence-corrected chi connectivity index (χ1v) is 9.14. The van der Waals surface area contributed by atoms with E-state index in [1.807, 2.05) is 54.9 Å². The number of benzene rings is 2. The van der Waals surface area contributed by atoms with Crippen molar-refractivity contribution in [3.05, 3.63) is 76.1 Å². The van der Waals surface area contributed by atoms with Gasteiger partial charge in [-0.25, -0.2) is 0 Å². The van der Waals surface area contributed by atoms with Gasteiger partial charge >= 0.3 is 0 Å². The van der Waals surface area contributed by atoms with Crippen LogP contribution in [0.3, 0.4) is 0 Å². The lowest BCUT2D eigenvalue weighted by atomic mass is 10.2. The van der Waals surface area contributed by atoms with Crippen molar-refractivity contribution in [3.63, 3.8) is 0 Å². The van der Waals surface area contributed by atoms with Crippen LogP contribution in [-0.2, 0) is 6.54 Å². The minimum atomic E-state index is 0.545. The summed E-state index contributed by atoms with van der Waals surface area (Å²) in [6.07, 6.45) is 0. The summed E-state index contributed by atoms with van der Waals surface area (Å²) >= 11 is 11.5. The highest BCUT2D eigenvalue weighted by Gasteiger charge is 2.13. The summed E-state index contributed by atoms with van der Waals surface area (Å²) in [5, 5.41) is 12.4. The summed E-state index contributed by atoms with van der Waals surface area (Å²) in [7, 11) is 0. The second kappa shape index (κ2) is 7.89. The quantitative estimate of drug-likeness (QED) is 0.597. The molecule has 0 radical (unpaired) electrons. The fraction of sp³-hybridized carbons (Fsp3) is 0.200. The Labute approximate surface area is 164 Å². The van der Waals surface area contributed by atoms with E-state index in [0.717, 1.165) is 33.3 Å². The van der Waals surface area contributed by atoms with Crippen molar-refractivity contribution in [3.8, 4) is 0 Å². The molecule has 0 bridgehead atoms. The molecule has 134 valence electrons. The highest BCUT2D eigenvalue weighted by atomic mass is 35.5. The van der Waals surface area contributed by atoms with E-state index >= 15 is 0 Å². The Morgan fingerprint density at radius 3 is 2.58 bits per heavy atom. The Bertz CT molecular complexity index is 949. The number of rotatable bonds is 4. The zero-order valence-corrected chi connectivity index (χ0v) is 16.6. The second-order valence-electron chi connectivity index (χ2n) is 6.28. The van der Waals surface area contributed by atoms with Crippen molar-refractivity contribution in [1.29, 1.82) is 0 Å². The molecule has 1 aromatic heterocycles. The third-order valence-electron chi connectivity index (χ3n) is 4.12. The van der Waals surface area contributed by atoms with Gasteiger partial charge in [0.25, 0.3) is 0 Å². The smallest absolute Gasteiger partial charge is 0.175 e. The van der Waals surface area contributed by atoms with Crippen LogP contribution in [0.1, 0.15) is 22.5 Å². The number of hydrogen-bond donors (Lipinski definition) is 2. The topological polar surface area (TPSA) is 41.9 Å². The Balaban J connectivity index is 1.74. The van der Waals surface area contributed by atoms with Gasteiger partial charge in [0.15, 0.2) is 5.11 Å². The van der Waals surface area contributed by atoms with Gasteiger partial charge < -0.3 is 10.6 Å². The van der Waals surface area contributed by atoms with Crippen LogP contribution < -0.4 is 10.6 Å². The zero-order valence-electron chi connectivity index (χ0n) is 15.0. The lowest BCUT2D eigenvalue weighted by molar-refractivity contribution is 0.659. The van der Waals surface area contributed by atoms with Gasteiger partial charge in [0, 0.05) is 10.7 Å². The monoisotopic (exact) mass is 384 g/mol. The predicted octanol–water partition coefficient (Wildman–Crippen LogP) is 5.32. The van der Waals surface area contributed by atoms with E-state index in [-0.39, 0.29) is 0 Å². The zero-order chi connectivity index (χ0) is 18.7. The molecule has 0 aliphatic rings. The first-order chi connectivity index (χ1) is 12.4. The summed E-state index contributed by atoms with van der Waals surface area (Å²) in [6.45, 7) is 6.71. The Hall–Kier alpha value is -2.37. The number of halogens is 1. The van der Waals surface area contributed by atoms with Crippen LogP contribution >= 0.6 is 23.8 Å². The third kappa shape index (κ3) is 4.42. The van der Waals surface area contributed by atoms with Crippen LogP contribution in [0.2, 0.25) is 5.02 Å². The van der Waals surface area contributed by atoms with Gasteiger partial charge in [0.1, 0.15) is 0 Å². The van der Waals surface area contributed by atoms with Crippen molar-refractivity contribution in [2.75, 3.05) is 10.6 Å². The molecule has 0 aliphatic heterocycles. The largest absolute Gasteiger partial charge is 0.332 e. The molecular formula is C20H21ClN4S. The maximum absolute atomic E-state index is 6.08. The van der Waals surface area contributed by atoms with Crippen molar-refractivity contribution < 1.29 is 0 Å². The van der Waals surface area contributed by atoms with Crippen molar-refractivity contribution in [1.82, 2.24) is 9.78 Å². The fourth-order valence-corrected chi connectivity index (χ4v) is 3.27. The molecule has 4 nitrogen and oxygen atoms in total. The number of anilines is 2. The molecular weight excluding hydrogens is 364 g/mol. The summed E-state index contributed by atoms with van der Waals surface area (Å²) in [4.78, 5) is 0. The molecule has 0 saturated carbocycles. The molecule has 26 heavy (non-hydrogen) atoms. The molecule has 1 heterocycles. The molecule has 2 aromatic carbocycles. The Morgan fingerprint density at radius 2 is 1.85 bits per heavy atom. The first-order valence-electron chi connectivity index (χ1n) is 8.35. The van der Waals surface area contributed by atoms with Gasteiger partial charge in [-0.15, -0.1) is 0 Å². The predicted molar refractivity (Wildman–Crippen MR) is 113 cm³/mol. The summed E-state index contributed by atoms with van der Waals surface area (Å²) < 4.78 is 1.96. The minimum absolute atomic E-state index is 0.545. The Morgan fingerprint density at radius 1 is 1.08 bits per heavy atom. The van der Waals surface area contributed by atoms with Crippen LogP contribution in [0.25, 0.3) is 0 Å². The summed E-state index contributed by atoms with van der Waals surface area (Å²) in [5.74, 6) is 0. The molecule has 0 fully saturated rings. The van der Waals surface area contributed by atoms with E-state index in [2.05, 4.69) is 34.8 Å². The fourth-order valence-electron chi connectivity index (χ4n) is 2.84. The maximum Gasteiger partial charge on any atom is 0.175 e. The van der Waals surface area contributed by atoms with Crippen molar-refractivity contribution >= 4 is 40.3 Å². The van der Waals surface area contributed by atoms with Gasteiger partial charge in [0.2, 0.25) is 0 Å². The number of hydrogen-bond acceptors (Lipinski definition) is 2. The first kappa shape index (κ1) is 18.4. The van der Waals surface area contributed by atoms with Crippen molar-refractivity contribution in [2.45, 2.75) is 27.3 Å². The van der Waals surface area contributed by atoms with E-state index in [4.69, 9.17) is 23.8 Å². The molecule has 3 aromatic rings. The number of nitrogens with zero attached hydrogens (tertiary/aromatic N) is 2. The molecule has 0 unspecified atom stereocenters. The van der Waals surface area contributed by atoms with Crippen LogP contribution in [0.4, 0.5) is 11.4 Å². The van der Waals surface area contributed by atoms with E-state index in [9.17, 15) is 0 Å². The highest BCUT2D eigenvalue weighted by Crippen LogP contribution is 2.22. The molecule has 0 spiro atoms. The Kier molecular flexibility index (Phi) is 5.59.